The standard InChI is InChI=1S/C30H40Cl2N4O2/c1-34(2)29(38)30(36-15-6-7-16-36)13-18-35(19-14-30)17-12-25(24-10-11-26(31)27(32)20-24)21-33-22-28(37)23-8-4-3-5-9-23/h3-5,8-11,20,25,33H,6-7,12-19,21-22H2,1-2H3. The summed E-state index contributed by atoms with van der Waals surface area (Å²) in [5.74, 6) is 0.514. The minimum Gasteiger partial charge on any atom is -0.347 e. The molecule has 1 N–H and O–H groups in total. The highest BCUT2D eigenvalue weighted by atomic mass is 35.5. The Kier molecular flexibility index (Phi) is 10.2. The van der Waals surface area contributed by atoms with Crippen LogP contribution in [0.4, 0.5) is 0 Å². The van der Waals surface area contributed by atoms with Crippen molar-refractivity contribution in [3.63, 3.8) is 0 Å². The van der Waals surface area contributed by atoms with E-state index in [-0.39, 0.29) is 29.7 Å². The number of likely N-dealkylation sites (tertiary alicyclic amines) is 2. The van der Waals surface area contributed by atoms with Gasteiger partial charge in [0.05, 0.1) is 16.6 Å². The zero-order valence-corrected chi connectivity index (χ0v) is 24.1. The monoisotopic (exact) mass is 558 g/mol. The van der Waals surface area contributed by atoms with Crippen molar-refractivity contribution in [2.24, 2.45) is 0 Å². The van der Waals surface area contributed by atoms with Gasteiger partial charge in [-0.25, -0.2) is 0 Å². The second-order valence-corrected chi connectivity index (χ2v) is 11.7. The van der Waals surface area contributed by atoms with Crippen molar-refractivity contribution in [1.82, 2.24) is 20.0 Å². The number of rotatable bonds is 11. The zero-order valence-electron chi connectivity index (χ0n) is 22.6. The normalized spacial score (nSPS) is 18.8. The van der Waals surface area contributed by atoms with E-state index in [2.05, 4.69) is 15.1 Å². The highest BCUT2D eigenvalue weighted by Crippen LogP contribution is 2.34. The summed E-state index contributed by atoms with van der Waals surface area (Å²) in [4.78, 5) is 32.6. The third-order valence-corrected chi connectivity index (χ3v) is 8.92. The first-order valence-corrected chi connectivity index (χ1v) is 14.5. The van der Waals surface area contributed by atoms with Crippen LogP contribution in [0.25, 0.3) is 0 Å². The molecule has 8 heteroatoms. The van der Waals surface area contributed by atoms with Crippen molar-refractivity contribution in [2.45, 2.75) is 43.6 Å². The molecular formula is C30H40Cl2N4O2. The lowest BCUT2D eigenvalue weighted by atomic mass is 9.84. The molecule has 2 fully saturated rings. The Morgan fingerprint density at radius 1 is 0.974 bits per heavy atom. The van der Waals surface area contributed by atoms with Gasteiger partial charge in [-0.3, -0.25) is 14.5 Å². The van der Waals surface area contributed by atoms with Crippen LogP contribution in [0.2, 0.25) is 10.0 Å². The van der Waals surface area contributed by atoms with Gasteiger partial charge in [0.25, 0.3) is 0 Å². The van der Waals surface area contributed by atoms with Gasteiger partial charge in [0.1, 0.15) is 5.54 Å². The average Bonchev–Trinajstić information content (AvgIpc) is 3.48. The maximum atomic E-state index is 13.3. The van der Waals surface area contributed by atoms with Gasteiger partial charge in [-0.15, -0.1) is 0 Å². The molecule has 0 saturated carbocycles. The second kappa shape index (κ2) is 13.4. The first kappa shape index (κ1) is 29.0. The maximum absolute atomic E-state index is 13.3. The minimum absolute atomic E-state index is 0.0818. The number of ketones is 1. The summed E-state index contributed by atoms with van der Waals surface area (Å²) < 4.78 is 0. The summed E-state index contributed by atoms with van der Waals surface area (Å²) >= 11 is 12.6. The van der Waals surface area contributed by atoms with Gasteiger partial charge in [0.2, 0.25) is 5.91 Å². The van der Waals surface area contributed by atoms with Crippen LogP contribution in [-0.4, -0.2) is 91.8 Å². The summed E-state index contributed by atoms with van der Waals surface area (Å²) in [7, 11) is 3.76. The van der Waals surface area contributed by atoms with Crippen LogP contribution in [0, 0.1) is 0 Å². The van der Waals surface area contributed by atoms with E-state index in [1.54, 1.807) is 4.90 Å². The van der Waals surface area contributed by atoms with Gasteiger partial charge in [-0.05, 0) is 75.4 Å². The Bertz CT molecular complexity index is 1080. The molecule has 0 aromatic heterocycles. The maximum Gasteiger partial charge on any atom is 0.242 e. The topological polar surface area (TPSA) is 55.9 Å². The van der Waals surface area contributed by atoms with Gasteiger partial charge in [0.15, 0.2) is 5.78 Å². The van der Waals surface area contributed by atoms with E-state index < -0.39 is 0 Å². The van der Waals surface area contributed by atoms with E-state index in [0.717, 1.165) is 57.5 Å². The molecule has 0 aliphatic carbocycles. The molecule has 2 aliphatic rings. The predicted octanol–water partition coefficient (Wildman–Crippen LogP) is 4.96. The van der Waals surface area contributed by atoms with E-state index in [0.29, 0.717) is 22.2 Å². The molecule has 6 nitrogen and oxygen atoms in total. The lowest BCUT2D eigenvalue weighted by Crippen LogP contribution is -2.62. The zero-order chi connectivity index (χ0) is 27.1. The smallest absolute Gasteiger partial charge is 0.242 e. The van der Waals surface area contributed by atoms with Crippen molar-refractivity contribution < 1.29 is 9.59 Å². The number of Topliss-reactive ketones (excluding diaryl/α,β-unsaturated/α-hetero) is 1. The number of likely N-dealkylation sites (N-methyl/N-ethyl adjacent to an activating group) is 1. The molecule has 0 spiro atoms. The molecule has 38 heavy (non-hydrogen) atoms. The Balaban J connectivity index is 1.37. The van der Waals surface area contributed by atoms with Gasteiger partial charge >= 0.3 is 0 Å². The number of carbonyl (C=O) groups excluding carboxylic acids is 2. The summed E-state index contributed by atoms with van der Waals surface area (Å²) in [6.45, 7) is 5.73. The first-order chi connectivity index (χ1) is 18.3. The fraction of sp³-hybridized carbons (Fsp3) is 0.533. The minimum atomic E-state index is -0.362. The largest absolute Gasteiger partial charge is 0.347 e. The van der Waals surface area contributed by atoms with Gasteiger partial charge in [0, 0.05) is 39.3 Å². The van der Waals surface area contributed by atoms with E-state index in [1.807, 2.05) is 62.6 Å². The highest BCUT2D eigenvalue weighted by molar-refractivity contribution is 6.42. The Labute approximate surface area is 237 Å². The number of hydrogen-bond donors (Lipinski definition) is 1. The average molecular weight is 560 g/mol. The quantitative estimate of drug-likeness (QED) is 0.395. The molecule has 206 valence electrons. The summed E-state index contributed by atoms with van der Waals surface area (Å²) in [5.41, 5.74) is 1.47. The summed E-state index contributed by atoms with van der Waals surface area (Å²) in [6, 6.07) is 15.2. The molecule has 0 bridgehead atoms. The van der Waals surface area contributed by atoms with Crippen molar-refractivity contribution in [3.05, 3.63) is 69.7 Å². The van der Waals surface area contributed by atoms with Gasteiger partial charge < -0.3 is 15.1 Å². The SMILES string of the molecule is CN(C)C(=O)C1(N2CCCC2)CCN(CCC(CNCC(=O)c2ccccc2)c2ccc(Cl)c(Cl)c2)CC1. The number of carbonyl (C=O) groups is 2. The van der Waals surface area contributed by atoms with Crippen LogP contribution in [0.5, 0.6) is 0 Å². The molecule has 2 heterocycles. The summed E-state index contributed by atoms with van der Waals surface area (Å²) in [5, 5.41) is 4.47. The van der Waals surface area contributed by atoms with E-state index in [9.17, 15) is 9.59 Å². The number of benzene rings is 2. The molecule has 1 unspecified atom stereocenters. The molecule has 1 amide bonds. The fourth-order valence-electron chi connectivity index (χ4n) is 5.95. The van der Waals surface area contributed by atoms with Crippen LogP contribution in [0.3, 0.4) is 0 Å². The van der Waals surface area contributed by atoms with E-state index >= 15 is 0 Å². The third kappa shape index (κ3) is 6.97. The van der Waals surface area contributed by atoms with E-state index in [4.69, 9.17) is 23.2 Å². The molecule has 2 aromatic carbocycles. The fourth-order valence-corrected chi connectivity index (χ4v) is 6.26. The molecule has 2 aromatic rings. The lowest BCUT2D eigenvalue weighted by molar-refractivity contribution is -0.145. The molecule has 0 radical (unpaired) electrons. The molecule has 4 rings (SSSR count). The van der Waals surface area contributed by atoms with E-state index in [1.165, 1.54) is 12.8 Å². The Morgan fingerprint density at radius 2 is 1.66 bits per heavy atom. The Hall–Kier alpha value is -1.96. The van der Waals surface area contributed by atoms with Crippen molar-refractivity contribution in [3.8, 4) is 0 Å². The van der Waals surface area contributed by atoms with Crippen molar-refractivity contribution in [2.75, 3.05) is 59.9 Å². The van der Waals surface area contributed by atoms with Crippen LogP contribution in [-0.2, 0) is 4.79 Å². The number of halogens is 2. The third-order valence-electron chi connectivity index (χ3n) is 8.18. The van der Waals surface area contributed by atoms with Crippen LogP contribution >= 0.6 is 23.2 Å². The molecule has 1 atom stereocenters. The second-order valence-electron chi connectivity index (χ2n) is 10.8. The highest BCUT2D eigenvalue weighted by Gasteiger charge is 2.47. The summed E-state index contributed by atoms with van der Waals surface area (Å²) in [6.07, 6.45) is 5.01. The van der Waals surface area contributed by atoms with Crippen molar-refractivity contribution in [1.29, 1.82) is 0 Å². The van der Waals surface area contributed by atoms with Gasteiger partial charge in [-0.1, -0.05) is 59.6 Å². The predicted molar refractivity (Wildman–Crippen MR) is 155 cm³/mol. The van der Waals surface area contributed by atoms with Crippen LogP contribution < -0.4 is 5.32 Å². The number of nitrogens with zero attached hydrogens (tertiary/aromatic N) is 3. The van der Waals surface area contributed by atoms with Crippen LogP contribution in [0.1, 0.15) is 53.9 Å². The lowest BCUT2D eigenvalue weighted by Gasteiger charge is -2.47. The molecular weight excluding hydrogens is 519 g/mol. The van der Waals surface area contributed by atoms with Gasteiger partial charge in [-0.2, -0.15) is 0 Å². The molecule has 2 aliphatic heterocycles. The number of piperidine rings is 1. The number of hydrogen-bond acceptors (Lipinski definition) is 5. The first-order valence-electron chi connectivity index (χ1n) is 13.7. The Morgan fingerprint density at radius 3 is 2.29 bits per heavy atom. The number of amides is 1. The number of nitrogens with one attached hydrogen (secondary N) is 1. The molecule has 2 saturated heterocycles. The van der Waals surface area contributed by atoms with Crippen molar-refractivity contribution >= 4 is 34.9 Å². The van der Waals surface area contributed by atoms with Crippen LogP contribution in [0.15, 0.2) is 48.5 Å².